The molecule has 0 spiro atoms. The van der Waals surface area contributed by atoms with Crippen molar-refractivity contribution < 1.29 is 9.18 Å². The van der Waals surface area contributed by atoms with Crippen LogP contribution in [0.4, 0.5) is 10.2 Å². The number of hydrogen-bond donors (Lipinski definition) is 3. The molecule has 0 saturated carbocycles. The number of pyridine rings is 1. The summed E-state index contributed by atoms with van der Waals surface area (Å²) in [5.74, 6) is -0.766. The SMILES string of the molecule is CN1CCC[C@@H]1c1cc2cnc(NC(=O)c3ccc(-c4cn[nH]c4)cc3F)cc2[nH]1. The summed E-state index contributed by atoms with van der Waals surface area (Å²) in [5.41, 5.74) is 3.41. The Labute approximate surface area is 172 Å². The zero-order chi connectivity index (χ0) is 20.7. The van der Waals surface area contributed by atoms with Gasteiger partial charge in [0, 0.05) is 41.1 Å². The molecule has 1 aliphatic rings. The molecule has 7 nitrogen and oxygen atoms in total. The number of halogens is 1. The number of carbonyl (C=O) groups excluding carboxylic acids is 1. The fraction of sp³-hybridized carbons (Fsp3) is 0.227. The van der Waals surface area contributed by atoms with Gasteiger partial charge < -0.3 is 10.3 Å². The first-order chi connectivity index (χ1) is 14.6. The summed E-state index contributed by atoms with van der Waals surface area (Å²) in [6.07, 6.45) is 7.29. The van der Waals surface area contributed by atoms with E-state index >= 15 is 0 Å². The lowest BCUT2D eigenvalue weighted by atomic mass is 10.1. The fourth-order valence-electron chi connectivity index (χ4n) is 4.07. The van der Waals surface area contributed by atoms with Crippen molar-refractivity contribution in [3.63, 3.8) is 0 Å². The van der Waals surface area contributed by atoms with Crippen LogP contribution >= 0.6 is 0 Å². The third-order valence-corrected chi connectivity index (χ3v) is 5.69. The molecule has 1 fully saturated rings. The third-order valence-electron chi connectivity index (χ3n) is 5.69. The second-order valence-corrected chi connectivity index (χ2v) is 7.66. The monoisotopic (exact) mass is 404 g/mol. The lowest BCUT2D eigenvalue weighted by Gasteiger charge is -2.17. The number of amides is 1. The Bertz CT molecular complexity index is 1220. The molecule has 0 radical (unpaired) electrons. The number of likely N-dealkylation sites (tertiary alicyclic amines) is 1. The molecule has 5 rings (SSSR count). The summed E-state index contributed by atoms with van der Waals surface area (Å²) in [7, 11) is 2.12. The van der Waals surface area contributed by atoms with Gasteiger partial charge in [-0.2, -0.15) is 5.10 Å². The molecule has 0 unspecified atom stereocenters. The maximum Gasteiger partial charge on any atom is 0.259 e. The Morgan fingerprint density at radius 1 is 1.23 bits per heavy atom. The summed E-state index contributed by atoms with van der Waals surface area (Å²) in [6.45, 7) is 1.09. The Morgan fingerprint density at radius 3 is 2.87 bits per heavy atom. The lowest BCUT2D eigenvalue weighted by Crippen LogP contribution is -2.17. The van der Waals surface area contributed by atoms with Gasteiger partial charge in [-0.25, -0.2) is 9.37 Å². The molecule has 1 atom stereocenters. The predicted octanol–water partition coefficient (Wildman–Crippen LogP) is 4.11. The van der Waals surface area contributed by atoms with Gasteiger partial charge in [-0.15, -0.1) is 0 Å². The molecule has 1 saturated heterocycles. The zero-order valence-electron chi connectivity index (χ0n) is 16.4. The smallest absolute Gasteiger partial charge is 0.259 e. The van der Waals surface area contributed by atoms with Crippen molar-refractivity contribution in [1.29, 1.82) is 0 Å². The molecule has 4 heterocycles. The van der Waals surface area contributed by atoms with E-state index in [2.05, 4.69) is 43.5 Å². The average Bonchev–Trinajstić information content (AvgIpc) is 3.47. The molecule has 1 amide bonds. The number of hydrogen-bond acceptors (Lipinski definition) is 4. The van der Waals surface area contributed by atoms with Crippen LogP contribution in [0.3, 0.4) is 0 Å². The Balaban J connectivity index is 1.36. The molecule has 3 aromatic heterocycles. The van der Waals surface area contributed by atoms with Crippen molar-refractivity contribution in [1.82, 2.24) is 25.1 Å². The van der Waals surface area contributed by atoms with Gasteiger partial charge in [0.1, 0.15) is 11.6 Å². The van der Waals surface area contributed by atoms with Crippen LogP contribution in [0.25, 0.3) is 22.0 Å². The first kappa shape index (κ1) is 18.5. The number of nitrogens with zero attached hydrogens (tertiary/aromatic N) is 3. The van der Waals surface area contributed by atoms with Crippen LogP contribution in [0.15, 0.2) is 48.9 Å². The number of H-pyrrole nitrogens is 2. The lowest BCUT2D eigenvalue weighted by molar-refractivity contribution is 0.102. The summed E-state index contributed by atoms with van der Waals surface area (Å²) in [5, 5.41) is 10.2. The zero-order valence-corrected chi connectivity index (χ0v) is 16.4. The highest BCUT2D eigenvalue weighted by Gasteiger charge is 2.24. The van der Waals surface area contributed by atoms with E-state index in [1.807, 2.05) is 0 Å². The van der Waals surface area contributed by atoms with E-state index in [0.29, 0.717) is 17.4 Å². The first-order valence-corrected chi connectivity index (χ1v) is 9.87. The van der Waals surface area contributed by atoms with E-state index in [4.69, 9.17) is 0 Å². The molecule has 30 heavy (non-hydrogen) atoms. The molecular formula is C22H21FN6O. The van der Waals surface area contributed by atoms with Crippen molar-refractivity contribution in [3.8, 4) is 11.1 Å². The molecule has 8 heteroatoms. The van der Waals surface area contributed by atoms with Crippen LogP contribution in [0.1, 0.15) is 34.9 Å². The van der Waals surface area contributed by atoms with Crippen molar-refractivity contribution >= 4 is 22.6 Å². The Hall–Kier alpha value is -3.52. The summed E-state index contributed by atoms with van der Waals surface area (Å²) >= 11 is 0. The van der Waals surface area contributed by atoms with Gasteiger partial charge in [0.05, 0.1) is 17.3 Å². The third kappa shape index (κ3) is 3.35. The van der Waals surface area contributed by atoms with Gasteiger partial charge >= 0.3 is 0 Å². The van der Waals surface area contributed by atoms with Crippen LogP contribution in [0, 0.1) is 5.82 Å². The van der Waals surface area contributed by atoms with Crippen LogP contribution in [0.5, 0.6) is 0 Å². The van der Waals surface area contributed by atoms with Crippen LogP contribution in [-0.2, 0) is 0 Å². The molecule has 0 aliphatic carbocycles. The molecule has 1 aliphatic heterocycles. The highest BCUT2D eigenvalue weighted by atomic mass is 19.1. The first-order valence-electron chi connectivity index (χ1n) is 9.87. The molecule has 0 bridgehead atoms. The number of benzene rings is 1. The average molecular weight is 404 g/mol. The summed E-state index contributed by atoms with van der Waals surface area (Å²) in [6, 6.07) is 8.74. The largest absolute Gasteiger partial charge is 0.357 e. The van der Waals surface area contributed by atoms with E-state index in [-0.39, 0.29) is 5.56 Å². The quantitative estimate of drug-likeness (QED) is 0.477. The summed E-state index contributed by atoms with van der Waals surface area (Å²) < 4.78 is 14.5. The van der Waals surface area contributed by atoms with E-state index in [9.17, 15) is 9.18 Å². The molecule has 4 aromatic rings. The molecular weight excluding hydrogens is 383 g/mol. The van der Waals surface area contributed by atoms with Gasteiger partial charge in [0.15, 0.2) is 0 Å². The molecule has 1 aromatic carbocycles. The maximum absolute atomic E-state index is 14.5. The van der Waals surface area contributed by atoms with Crippen molar-refractivity contribution in [2.75, 3.05) is 18.9 Å². The van der Waals surface area contributed by atoms with E-state index < -0.39 is 11.7 Å². The predicted molar refractivity (Wildman–Crippen MR) is 113 cm³/mol. The van der Waals surface area contributed by atoms with Gasteiger partial charge in [-0.05, 0) is 50.2 Å². The van der Waals surface area contributed by atoms with E-state index in [1.54, 1.807) is 30.7 Å². The minimum atomic E-state index is -0.598. The Morgan fingerprint density at radius 2 is 2.13 bits per heavy atom. The minimum Gasteiger partial charge on any atom is -0.357 e. The fourth-order valence-corrected chi connectivity index (χ4v) is 4.07. The number of aromatic nitrogens is 4. The second kappa shape index (κ2) is 7.38. The maximum atomic E-state index is 14.5. The van der Waals surface area contributed by atoms with E-state index in [0.717, 1.165) is 35.1 Å². The second-order valence-electron chi connectivity index (χ2n) is 7.66. The highest BCUT2D eigenvalue weighted by molar-refractivity contribution is 6.04. The van der Waals surface area contributed by atoms with Crippen molar-refractivity contribution in [3.05, 3.63) is 66.0 Å². The van der Waals surface area contributed by atoms with Crippen LogP contribution in [-0.4, -0.2) is 44.6 Å². The van der Waals surface area contributed by atoms with Crippen LogP contribution in [0.2, 0.25) is 0 Å². The Kier molecular flexibility index (Phi) is 4.55. The van der Waals surface area contributed by atoms with Gasteiger partial charge in [-0.3, -0.25) is 14.8 Å². The van der Waals surface area contributed by atoms with Gasteiger partial charge in [0.2, 0.25) is 0 Å². The minimum absolute atomic E-state index is 0.0381. The number of nitrogens with one attached hydrogen (secondary N) is 3. The number of carbonyl (C=O) groups is 1. The number of fused-ring (bicyclic) bond motifs is 1. The topological polar surface area (TPSA) is 89.7 Å². The van der Waals surface area contributed by atoms with E-state index in [1.165, 1.54) is 18.6 Å². The number of aromatic amines is 2. The number of rotatable bonds is 4. The highest BCUT2D eigenvalue weighted by Crippen LogP contribution is 2.32. The molecule has 3 N–H and O–H groups in total. The summed E-state index contributed by atoms with van der Waals surface area (Å²) in [4.78, 5) is 22.7. The standard InChI is InChI=1S/C22H21FN6O/c1-29-6-2-3-20(29)19-8-14-10-24-21(9-18(14)27-19)28-22(30)16-5-4-13(7-17(16)23)15-11-25-26-12-15/h4-5,7-12,20,27H,2-3,6H2,1H3,(H,25,26)(H,24,28,30)/t20-/m1/s1. The normalized spacial score (nSPS) is 16.9. The van der Waals surface area contributed by atoms with Gasteiger partial charge in [0.25, 0.3) is 5.91 Å². The van der Waals surface area contributed by atoms with Crippen molar-refractivity contribution in [2.24, 2.45) is 0 Å². The van der Waals surface area contributed by atoms with Crippen molar-refractivity contribution in [2.45, 2.75) is 18.9 Å². The van der Waals surface area contributed by atoms with Gasteiger partial charge in [-0.1, -0.05) is 6.07 Å². The number of anilines is 1. The van der Waals surface area contributed by atoms with Crippen LogP contribution < -0.4 is 5.32 Å². The molecule has 152 valence electrons.